The zero-order valence-corrected chi connectivity index (χ0v) is 11.8. The quantitative estimate of drug-likeness (QED) is 0.840. The minimum Gasteiger partial charge on any atom is -0.372 e. The number of aryl methyl sites for hydroxylation is 1. The van der Waals surface area contributed by atoms with E-state index in [0.29, 0.717) is 12.5 Å². The second-order valence-corrected chi connectivity index (χ2v) is 5.89. The van der Waals surface area contributed by atoms with Crippen molar-refractivity contribution in [3.63, 3.8) is 0 Å². The van der Waals surface area contributed by atoms with E-state index in [0.717, 1.165) is 25.9 Å². The van der Waals surface area contributed by atoms with Crippen LogP contribution in [0.3, 0.4) is 0 Å². The lowest BCUT2D eigenvalue weighted by molar-refractivity contribution is -0.137. The van der Waals surface area contributed by atoms with Crippen LogP contribution in [0, 0.1) is 6.92 Å². The van der Waals surface area contributed by atoms with Crippen molar-refractivity contribution in [2.24, 2.45) is 0 Å². The topological polar surface area (TPSA) is 42.4 Å². The van der Waals surface area contributed by atoms with Crippen molar-refractivity contribution in [3.05, 3.63) is 16.1 Å². The van der Waals surface area contributed by atoms with Crippen molar-refractivity contribution in [3.8, 4) is 0 Å². The zero-order valence-electron chi connectivity index (χ0n) is 11.0. The third-order valence-corrected chi connectivity index (χ3v) is 4.27. The molecule has 0 saturated carbocycles. The number of thiazole rings is 1. The molecule has 18 heavy (non-hydrogen) atoms. The summed E-state index contributed by atoms with van der Waals surface area (Å²) in [7, 11) is 0. The van der Waals surface area contributed by atoms with E-state index >= 15 is 0 Å². The number of rotatable bonds is 4. The summed E-state index contributed by atoms with van der Waals surface area (Å²) in [6.45, 7) is 6.42. The minimum atomic E-state index is 0.106. The first-order valence-corrected chi connectivity index (χ1v) is 7.30. The number of piperidine rings is 1. The Morgan fingerprint density at radius 3 is 3.17 bits per heavy atom. The molecule has 100 valence electrons. The van der Waals surface area contributed by atoms with Crippen LogP contribution >= 0.6 is 11.3 Å². The van der Waals surface area contributed by atoms with Crippen molar-refractivity contribution < 1.29 is 9.53 Å². The molecule has 2 rings (SSSR count). The average Bonchev–Trinajstić information content (AvgIpc) is 2.83. The number of hydrogen-bond donors (Lipinski definition) is 0. The maximum Gasteiger partial charge on any atom is 0.248 e. The van der Waals surface area contributed by atoms with Gasteiger partial charge < -0.3 is 9.64 Å². The first kappa shape index (κ1) is 13.5. The number of hydrogen-bond acceptors (Lipinski definition) is 4. The second kappa shape index (κ2) is 6.29. The molecule has 1 fully saturated rings. The summed E-state index contributed by atoms with van der Waals surface area (Å²) < 4.78 is 5.19. The first-order valence-electron chi connectivity index (χ1n) is 6.48. The van der Waals surface area contributed by atoms with E-state index in [4.69, 9.17) is 4.74 Å². The van der Waals surface area contributed by atoms with Gasteiger partial charge in [-0.1, -0.05) is 0 Å². The molecule has 1 atom stereocenters. The molecule has 5 heteroatoms. The number of ether oxygens (including phenoxy) is 1. The van der Waals surface area contributed by atoms with Gasteiger partial charge in [-0.05, 0) is 26.7 Å². The Hall–Kier alpha value is -0.940. The zero-order chi connectivity index (χ0) is 13.0. The Bertz CT molecular complexity index is 405. The summed E-state index contributed by atoms with van der Waals surface area (Å²) in [5.74, 6) is 0.512. The number of likely N-dealkylation sites (tertiary alicyclic amines) is 1. The standard InChI is InChI=1S/C13H20N2O2S/c1-3-17-9-12(16)15-6-4-5-11(8-15)13-14-7-10(2)18-13/h7,11H,3-6,8-9H2,1-2H3/t11-/m1/s1. The van der Waals surface area contributed by atoms with Crippen LogP contribution in [0.2, 0.25) is 0 Å². The predicted octanol–water partition coefficient (Wildman–Crippen LogP) is 2.19. The molecule has 1 aliphatic heterocycles. The highest BCUT2D eigenvalue weighted by Gasteiger charge is 2.26. The molecule has 4 nitrogen and oxygen atoms in total. The van der Waals surface area contributed by atoms with Gasteiger partial charge in [0.2, 0.25) is 5.91 Å². The van der Waals surface area contributed by atoms with Crippen molar-refractivity contribution >= 4 is 17.2 Å². The summed E-state index contributed by atoms with van der Waals surface area (Å²) in [5.41, 5.74) is 0. The van der Waals surface area contributed by atoms with Crippen molar-refractivity contribution in [2.45, 2.75) is 32.6 Å². The van der Waals surface area contributed by atoms with Gasteiger partial charge in [-0.3, -0.25) is 4.79 Å². The molecule has 1 saturated heterocycles. The molecule has 1 aliphatic rings. The lowest BCUT2D eigenvalue weighted by Crippen LogP contribution is -2.41. The van der Waals surface area contributed by atoms with E-state index in [-0.39, 0.29) is 12.5 Å². The van der Waals surface area contributed by atoms with E-state index in [9.17, 15) is 4.79 Å². The van der Waals surface area contributed by atoms with Gasteiger partial charge in [0.1, 0.15) is 6.61 Å². The molecular formula is C13H20N2O2S. The monoisotopic (exact) mass is 268 g/mol. The van der Waals surface area contributed by atoms with Crippen LogP contribution in [0.1, 0.15) is 35.6 Å². The molecule has 1 aromatic rings. The highest BCUT2D eigenvalue weighted by molar-refractivity contribution is 7.11. The summed E-state index contributed by atoms with van der Waals surface area (Å²) in [6, 6.07) is 0. The van der Waals surface area contributed by atoms with Crippen LogP contribution in [0.4, 0.5) is 0 Å². The lowest BCUT2D eigenvalue weighted by atomic mass is 9.99. The SMILES string of the molecule is CCOCC(=O)N1CCC[C@@H](c2ncc(C)s2)C1. The van der Waals surface area contributed by atoms with Crippen LogP contribution in [0.25, 0.3) is 0 Å². The van der Waals surface area contributed by atoms with Crippen molar-refractivity contribution in [1.82, 2.24) is 9.88 Å². The van der Waals surface area contributed by atoms with Crippen molar-refractivity contribution in [2.75, 3.05) is 26.3 Å². The lowest BCUT2D eigenvalue weighted by Gasteiger charge is -2.31. The smallest absolute Gasteiger partial charge is 0.248 e. The van der Waals surface area contributed by atoms with Crippen LogP contribution in [-0.2, 0) is 9.53 Å². The Morgan fingerprint density at radius 2 is 2.50 bits per heavy atom. The van der Waals surface area contributed by atoms with Gasteiger partial charge in [0, 0.05) is 36.7 Å². The van der Waals surface area contributed by atoms with Gasteiger partial charge in [-0.15, -0.1) is 11.3 Å². The summed E-state index contributed by atoms with van der Waals surface area (Å²) in [4.78, 5) is 19.5. The van der Waals surface area contributed by atoms with Gasteiger partial charge in [0.05, 0.1) is 5.01 Å². The molecular weight excluding hydrogens is 248 g/mol. The molecule has 0 radical (unpaired) electrons. The van der Waals surface area contributed by atoms with E-state index in [1.807, 2.05) is 18.0 Å². The second-order valence-electron chi connectivity index (χ2n) is 4.63. The maximum atomic E-state index is 11.9. The van der Waals surface area contributed by atoms with Gasteiger partial charge in [0.15, 0.2) is 0 Å². The molecule has 2 heterocycles. The highest BCUT2D eigenvalue weighted by Crippen LogP contribution is 2.29. The van der Waals surface area contributed by atoms with Crippen LogP contribution in [-0.4, -0.2) is 42.1 Å². The van der Waals surface area contributed by atoms with Gasteiger partial charge in [-0.2, -0.15) is 0 Å². The number of amides is 1. The largest absolute Gasteiger partial charge is 0.372 e. The van der Waals surface area contributed by atoms with Crippen LogP contribution < -0.4 is 0 Å². The van der Waals surface area contributed by atoms with Gasteiger partial charge in [-0.25, -0.2) is 4.98 Å². The summed E-state index contributed by atoms with van der Waals surface area (Å²) >= 11 is 1.75. The number of nitrogens with zero attached hydrogens (tertiary/aromatic N) is 2. The van der Waals surface area contributed by atoms with E-state index in [1.165, 1.54) is 9.88 Å². The van der Waals surface area contributed by atoms with Crippen LogP contribution in [0.15, 0.2) is 6.20 Å². The fraction of sp³-hybridized carbons (Fsp3) is 0.692. The predicted molar refractivity (Wildman–Crippen MR) is 71.9 cm³/mol. The van der Waals surface area contributed by atoms with Gasteiger partial charge >= 0.3 is 0 Å². The summed E-state index contributed by atoms with van der Waals surface area (Å²) in [5, 5.41) is 1.17. The van der Waals surface area contributed by atoms with E-state index in [1.54, 1.807) is 11.3 Å². The third-order valence-electron chi connectivity index (χ3n) is 3.19. The summed E-state index contributed by atoms with van der Waals surface area (Å²) in [6.07, 6.45) is 4.10. The highest BCUT2D eigenvalue weighted by atomic mass is 32.1. The number of carbonyl (C=O) groups excluding carboxylic acids is 1. The molecule has 0 unspecified atom stereocenters. The first-order chi connectivity index (χ1) is 8.70. The van der Waals surface area contributed by atoms with E-state index < -0.39 is 0 Å². The third kappa shape index (κ3) is 3.29. The Morgan fingerprint density at radius 1 is 1.67 bits per heavy atom. The molecule has 0 aliphatic carbocycles. The minimum absolute atomic E-state index is 0.106. The fourth-order valence-electron chi connectivity index (χ4n) is 2.25. The molecule has 1 amide bonds. The van der Waals surface area contributed by atoms with Crippen molar-refractivity contribution in [1.29, 1.82) is 0 Å². The fourth-order valence-corrected chi connectivity index (χ4v) is 3.15. The Kier molecular flexibility index (Phi) is 4.72. The van der Waals surface area contributed by atoms with Crippen LogP contribution in [0.5, 0.6) is 0 Å². The number of aromatic nitrogens is 1. The Labute approximate surface area is 112 Å². The molecule has 0 N–H and O–H groups in total. The normalized spacial score (nSPS) is 20.1. The van der Waals surface area contributed by atoms with E-state index in [2.05, 4.69) is 11.9 Å². The molecule has 0 spiro atoms. The van der Waals surface area contributed by atoms with Gasteiger partial charge in [0.25, 0.3) is 0 Å². The number of carbonyl (C=O) groups is 1. The molecule has 1 aromatic heterocycles. The average molecular weight is 268 g/mol. The molecule has 0 aromatic carbocycles. The Balaban J connectivity index is 1.94. The maximum absolute atomic E-state index is 11.9. The molecule has 0 bridgehead atoms.